The highest BCUT2D eigenvalue weighted by Gasteiger charge is 2.32. The van der Waals surface area contributed by atoms with Gasteiger partial charge < -0.3 is 10.1 Å². The van der Waals surface area contributed by atoms with Crippen molar-refractivity contribution < 1.29 is 5.11 Å². The molecule has 0 amide bonds. The lowest BCUT2D eigenvalue weighted by Crippen LogP contribution is -2.41. The van der Waals surface area contributed by atoms with Crippen molar-refractivity contribution in [3.05, 3.63) is 87.0 Å². The van der Waals surface area contributed by atoms with Crippen LogP contribution in [0.25, 0.3) is 10.9 Å². The van der Waals surface area contributed by atoms with Crippen LogP contribution in [0.15, 0.2) is 53.3 Å². The molecule has 3 heterocycles. The van der Waals surface area contributed by atoms with Crippen molar-refractivity contribution in [2.75, 3.05) is 13.1 Å². The molecule has 1 aliphatic rings. The Bertz CT molecular complexity index is 1320. The summed E-state index contributed by atoms with van der Waals surface area (Å²) in [5.41, 5.74) is 4.63. The summed E-state index contributed by atoms with van der Waals surface area (Å²) in [6, 6.07) is 15.7. The Balaban J connectivity index is 1.63. The third kappa shape index (κ3) is 4.19. The van der Waals surface area contributed by atoms with Crippen LogP contribution in [0.3, 0.4) is 0 Å². The molecule has 0 aliphatic carbocycles. The first kappa shape index (κ1) is 21.5. The van der Waals surface area contributed by atoms with E-state index in [1.165, 1.54) is 0 Å². The first-order valence-electron chi connectivity index (χ1n) is 11.4. The Hall–Kier alpha value is -3.36. The van der Waals surface area contributed by atoms with Gasteiger partial charge >= 0.3 is 0 Å². The van der Waals surface area contributed by atoms with E-state index in [9.17, 15) is 9.90 Å². The summed E-state index contributed by atoms with van der Waals surface area (Å²) < 4.78 is 1.77. The molecule has 4 aromatic rings. The van der Waals surface area contributed by atoms with Gasteiger partial charge in [0.05, 0.1) is 18.2 Å². The molecule has 1 atom stereocenters. The van der Waals surface area contributed by atoms with Crippen LogP contribution >= 0.6 is 0 Å². The number of benzene rings is 2. The van der Waals surface area contributed by atoms with E-state index in [1.807, 2.05) is 56.3 Å². The van der Waals surface area contributed by atoms with Crippen LogP contribution in [0.5, 0.6) is 0 Å². The number of tetrazole rings is 1. The molecule has 8 nitrogen and oxygen atoms in total. The highest BCUT2D eigenvalue weighted by molar-refractivity contribution is 5.83. The molecule has 1 saturated heterocycles. The highest BCUT2D eigenvalue weighted by atomic mass is 16.3. The summed E-state index contributed by atoms with van der Waals surface area (Å²) in [7, 11) is 0. The number of hydrogen-bond acceptors (Lipinski definition) is 6. The van der Waals surface area contributed by atoms with Gasteiger partial charge in [-0.3, -0.25) is 9.69 Å². The lowest BCUT2D eigenvalue weighted by Gasteiger charge is -2.35. The minimum Gasteiger partial charge on any atom is -0.393 e. The van der Waals surface area contributed by atoms with Gasteiger partial charge in [-0.15, -0.1) is 5.10 Å². The number of aromatic amines is 1. The van der Waals surface area contributed by atoms with Gasteiger partial charge in [0.25, 0.3) is 5.56 Å². The van der Waals surface area contributed by atoms with Crippen LogP contribution in [0.4, 0.5) is 0 Å². The number of nitrogens with zero attached hydrogens (tertiary/aromatic N) is 5. The van der Waals surface area contributed by atoms with Crippen molar-refractivity contribution in [3.8, 4) is 0 Å². The Kier molecular flexibility index (Phi) is 5.78. The maximum absolute atomic E-state index is 13.4. The largest absolute Gasteiger partial charge is 0.393 e. The fraction of sp³-hybridized carbons (Fsp3) is 0.360. The van der Waals surface area contributed by atoms with Crippen molar-refractivity contribution in [2.24, 2.45) is 0 Å². The Morgan fingerprint density at radius 1 is 1.12 bits per heavy atom. The van der Waals surface area contributed by atoms with Crippen LogP contribution in [-0.4, -0.2) is 54.4 Å². The summed E-state index contributed by atoms with van der Waals surface area (Å²) in [5.74, 6) is 0.629. The molecule has 0 unspecified atom stereocenters. The molecular formula is C25H28N6O2. The lowest BCUT2D eigenvalue weighted by molar-refractivity contribution is 0.0659. The number of fused-ring (bicyclic) bond motifs is 1. The quantitative estimate of drug-likeness (QED) is 0.491. The minimum absolute atomic E-state index is 0.137. The molecule has 2 N–H and O–H groups in total. The molecule has 0 spiro atoms. The third-order valence-corrected chi connectivity index (χ3v) is 6.72. The average Bonchev–Trinajstić information content (AvgIpc) is 3.27. The lowest BCUT2D eigenvalue weighted by atomic mass is 9.98. The van der Waals surface area contributed by atoms with Gasteiger partial charge in [-0.05, 0) is 65.3 Å². The Labute approximate surface area is 191 Å². The number of piperidine rings is 1. The topological polar surface area (TPSA) is 99.9 Å². The number of H-pyrrole nitrogens is 1. The molecule has 0 bridgehead atoms. The smallest absolute Gasteiger partial charge is 0.253 e. The molecule has 0 radical (unpaired) electrons. The first-order valence-corrected chi connectivity index (χ1v) is 11.4. The number of pyridine rings is 1. The number of aromatic nitrogens is 5. The third-order valence-electron chi connectivity index (χ3n) is 6.72. The number of likely N-dealkylation sites (tertiary alicyclic amines) is 1. The average molecular weight is 445 g/mol. The van der Waals surface area contributed by atoms with Crippen LogP contribution in [0.1, 0.15) is 47.0 Å². The summed E-state index contributed by atoms with van der Waals surface area (Å²) in [5, 5.41) is 23.7. The molecule has 0 saturated carbocycles. The van der Waals surface area contributed by atoms with Gasteiger partial charge in [0.15, 0.2) is 5.82 Å². The summed E-state index contributed by atoms with van der Waals surface area (Å²) >= 11 is 0. The molecular weight excluding hydrogens is 416 g/mol. The van der Waals surface area contributed by atoms with Gasteiger partial charge in [0.2, 0.25) is 0 Å². The van der Waals surface area contributed by atoms with Crippen LogP contribution in [0.2, 0.25) is 0 Å². The molecule has 170 valence electrons. The van der Waals surface area contributed by atoms with Gasteiger partial charge in [-0.2, -0.15) is 0 Å². The monoisotopic (exact) mass is 444 g/mol. The number of rotatable bonds is 5. The zero-order chi connectivity index (χ0) is 22.9. The minimum atomic E-state index is -0.411. The second-order valence-corrected chi connectivity index (χ2v) is 8.88. The zero-order valence-corrected chi connectivity index (χ0v) is 18.9. The van der Waals surface area contributed by atoms with Crippen LogP contribution < -0.4 is 5.56 Å². The van der Waals surface area contributed by atoms with E-state index >= 15 is 0 Å². The van der Waals surface area contributed by atoms with E-state index in [1.54, 1.807) is 4.68 Å². The second kappa shape index (κ2) is 8.88. The summed E-state index contributed by atoms with van der Waals surface area (Å²) in [6.07, 6.45) is 0.990. The summed E-state index contributed by atoms with van der Waals surface area (Å²) in [4.78, 5) is 18.7. The van der Waals surface area contributed by atoms with E-state index in [-0.39, 0.29) is 11.7 Å². The van der Waals surface area contributed by atoms with E-state index in [4.69, 9.17) is 0 Å². The predicted octanol–water partition coefficient (Wildman–Crippen LogP) is 2.73. The van der Waals surface area contributed by atoms with E-state index < -0.39 is 6.04 Å². The standard InChI is InChI=1S/C25H28N6O2/c1-16-8-9-19-14-21(25(33)26-22(19)17(16)2)23(30-12-10-20(32)11-13-30)24-27-28-29-31(24)15-18-6-4-3-5-7-18/h3-9,14,20,23,32H,10-13,15H2,1-2H3,(H,26,33)/t23-/m0/s1. The number of aliphatic hydroxyl groups excluding tert-OH is 1. The fourth-order valence-electron chi connectivity index (χ4n) is 4.66. The number of nitrogens with one attached hydrogen (secondary N) is 1. The van der Waals surface area contributed by atoms with Crippen molar-refractivity contribution in [2.45, 2.75) is 45.4 Å². The second-order valence-electron chi connectivity index (χ2n) is 8.88. The number of aliphatic hydroxyl groups is 1. The summed E-state index contributed by atoms with van der Waals surface area (Å²) in [6.45, 7) is 5.90. The molecule has 1 aliphatic heterocycles. The van der Waals surface area contributed by atoms with E-state index in [0.717, 1.165) is 27.6 Å². The van der Waals surface area contributed by atoms with Gasteiger partial charge in [0, 0.05) is 18.7 Å². The highest BCUT2D eigenvalue weighted by Crippen LogP contribution is 2.30. The van der Waals surface area contributed by atoms with Gasteiger partial charge in [-0.1, -0.05) is 42.5 Å². The van der Waals surface area contributed by atoms with Crippen LogP contribution in [0, 0.1) is 13.8 Å². The SMILES string of the molecule is Cc1ccc2cc([C@@H](c3nnnn3Cc3ccccc3)N3CCC(O)CC3)c(=O)[nH]c2c1C. The van der Waals surface area contributed by atoms with Crippen molar-refractivity contribution in [1.82, 2.24) is 30.1 Å². The Morgan fingerprint density at radius 2 is 1.88 bits per heavy atom. The van der Waals surface area contributed by atoms with Crippen LogP contribution in [-0.2, 0) is 6.54 Å². The maximum atomic E-state index is 13.4. The molecule has 1 fully saturated rings. The molecule has 33 heavy (non-hydrogen) atoms. The van der Waals surface area contributed by atoms with E-state index in [2.05, 4.69) is 31.5 Å². The van der Waals surface area contributed by atoms with Gasteiger partial charge in [-0.25, -0.2) is 4.68 Å². The fourth-order valence-corrected chi connectivity index (χ4v) is 4.66. The predicted molar refractivity (Wildman–Crippen MR) is 126 cm³/mol. The van der Waals surface area contributed by atoms with E-state index in [0.29, 0.717) is 43.9 Å². The molecule has 2 aromatic heterocycles. The normalized spacial score (nSPS) is 16.3. The maximum Gasteiger partial charge on any atom is 0.253 e. The van der Waals surface area contributed by atoms with Crippen molar-refractivity contribution in [3.63, 3.8) is 0 Å². The molecule has 5 rings (SSSR count). The van der Waals surface area contributed by atoms with Crippen molar-refractivity contribution in [1.29, 1.82) is 0 Å². The molecule has 2 aromatic carbocycles. The number of hydrogen-bond donors (Lipinski definition) is 2. The Morgan fingerprint density at radius 3 is 2.64 bits per heavy atom. The zero-order valence-electron chi connectivity index (χ0n) is 18.9. The first-order chi connectivity index (χ1) is 16.0. The van der Waals surface area contributed by atoms with Crippen molar-refractivity contribution >= 4 is 10.9 Å². The number of aryl methyl sites for hydroxylation is 2. The molecule has 8 heteroatoms. The van der Waals surface area contributed by atoms with Gasteiger partial charge in [0.1, 0.15) is 6.04 Å².